The number of carbonyl (C=O) groups is 1. The second-order valence-corrected chi connectivity index (χ2v) is 5.06. The van der Waals surface area contributed by atoms with Crippen LogP contribution in [0.3, 0.4) is 0 Å². The van der Waals surface area contributed by atoms with Gasteiger partial charge in [-0.05, 0) is 37.6 Å². The predicted molar refractivity (Wildman–Crippen MR) is 67.5 cm³/mol. The fraction of sp³-hybridized carbons (Fsp3) is 0.417. The number of amides is 1. The zero-order valence-corrected chi connectivity index (χ0v) is 10.9. The summed E-state index contributed by atoms with van der Waals surface area (Å²) in [4.78, 5) is 11.9. The summed E-state index contributed by atoms with van der Waals surface area (Å²) in [6.45, 7) is 1.74. The number of rotatable bonds is 2. The van der Waals surface area contributed by atoms with Crippen molar-refractivity contribution >= 4 is 21.8 Å². The van der Waals surface area contributed by atoms with Gasteiger partial charge in [0, 0.05) is 17.1 Å². The Morgan fingerprint density at radius 2 is 2.35 bits per heavy atom. The molecule has 0 unspecified atom stereocenters. The van der Waals surface area contributed by atoms with E-state index in [4.69, 9.17) is 0 Å². The Morgan fingerprint density at radius 3 is 3.00 bits per heavy atom. The SMILES string of the molecule is O=C(N[C@@H]1CCCNC1)c1ccc(Br)cc1F. The lowest BCUT2D eigenvalue weighted by Crippen LogP contribution is -2.45. The molecule has 0 saturated carbocycles. The van der Waals surface area contributed by atoms with Crippen molar-refractivity contribution in [2.75, 3.05) is 13.1 Å². The molecule has 17 heavy (non-hydrogen) atoms. The van der Waals surface area contributed by atoms with E-state index in [0.717, 1.165) is 25.9 Å². The number of halogens is 2. The molecule has 1 aromatic carbocycles. The summed E-state index contributed by atoms with van der Waals surface area (Å²) in [6, 6.07) is 4.55. The van der Waals surface area contributed by atoms with Crippen molar-refractivity contribution in [3.8, 4) is 0 Å². The van der Waals surface area contributed by atoms with E-state index in [1.165, 1.54) is 12.1 Å². The van der Waals surface area contributed by atoms with E-state index in [-0.39, 0.29) is 17.5 Å². The van der Waals surface area contributed by atoms with Gasteiger partial charge in [-0.3, -0.25) is 4.79 Å². The first-order chi connectivity index (χ1) is 8.16. The Balaban J connectivity index is 2.03. The summed E-state index contributed by atoms with van der Waals surface area (Å²) in [5.41, 5.74) is 0.0961. The van der Waals surface area contributed by atoms with Crippen LogP contribution in [0.15, 0.2) is 22.7 Å². The molecule has 1 amide bonds. The molecule has 1 heterocycles. The lowest BCUT2D eigenvalue weighted by molar-refractivity contribution is 0.0926. The number of carbonyl (C=O) groups excluding carboxylic acids is 1. The van der Waals surface area contributed by atoms with Crippen molar-refractivity contribution in [2.24, 2.45) is 0 Å². The van der Waals surface area contributed by atoms with Crippen molar-refractivity contribution < 1.29 is 9.18 Å². The first-order valence-electron chi connectivity index (χ1n) is 5.63. The van der Waals surface area contributed by atoms with Gasteiger partial charge in [-0.1, -0.05) is 15.9 Å². The highest BCUT2D eigenvalue weighted by molar-refractivity contribution is 9.10. The van der Waals surface area contributed by atoms with Gasteiger partial charge in [0.1, 0.15) is 5.82 Å². The summed E-state index contributed by atoms with van der Waals surface area (Å²) in [5, 5.41) is 6.04. The molecule has 1 fully saturated rings. The molecule has 2 rings (SSSR count). The van der Waals surface area contributed by atoms with Crippen LogP contribution in [0.25, 0.3) is 0 Å². The summed E-state index contributed by atoms with van der Waals surface area (Å²) in [7, 11) is 0. The number of nitrogens with one attached hydrogen (secondary N) is 2. The maximum atomic E-state index is 13.5. The minimum atomic E-state index is -0.499. The van der Waals surface area contributed by atoms with Gasteiger partial charge in [-0.15, -0.1) is 0 Å². The Bertz CT molecular complexity index is 419. The molecular weight excluding hydrogens is 287 g/mol. The van der Waals surface area contributed by atoms with E-state index < -0.39 is 5.82 Å². The van der Waals surface area contributed by atoms with Gasteiger partial charge >= 0.3 is 0 Å². The third-order valence-electron chi connectivity index (χ3n) is 2.81. The van der Waals surface area contributed by atoms with E-state index in [1.807, 2.05) is 0 Å². The molecule has 0 aliphatic carbocycles. The van der Waals surface area contributed by atoms with Gasteiger partial charge in [0.05, 0.1) is 5.56 Å². The summed E-state index contributed by atoms with van der Waals surface area (Å²) in [6.07, 6.45) is 1.98. The molecule has 1 saturated heterocycles. The average molecular weight is 301 g/mol. The van der Waals surface area contributed by atoms with Crippen LogP contribution in [0.2, 0.25) is 0 Å². The molecular formula is C12H14BrFN2O. The van der Waals surface area contributed by atoms with Crippen molar-refractivity contribution in [3.05, 3.63) is 34.1 Å². The van der Waals surface area contributed by atoms with Crippen LogP contribution in [-0.4, -0.2) is 25.0 Å². The highest BCUT2D eigenvalue weighted by atomic mass is 79.9. The Morgan fingerprint density at radius 1 is 1.53 bits per heavy atom. The van der Waals surface area contributed by atoms with Crippen LogP contribution < -0.4 is 10.6 Å². The van der Waals surface area contributed by atoms with Gasteiger partial charge in [-0.25, -0.2) is 4.39 Å². The Kier molecular flexibility index (Phi) is 4.12. The van der Waals surface area contributed by atoms with E-state index >= 15 is 0 Å². The predicted octanol–water partition coefficient (Wildman–Crippen LogP) is 2.07. The monoisotopic (exact) mass is 300 g/mol. The summed E-state index contributed by atoms with van der Waals surface area (Å²) < 4.78 is 14.2. The van der Waals surface area contributed by atoms with Crippen LogP contribution in [-0.2, 0) is 0 Å². The first-order valence-corrected chi connectivity index (χ1v) is 6.43. The Hall–Kier alpha value is -0.940. The lowest BCUT2D eigenvalue weighted by Gasteiger charge is -2.23. The summed E-state index contributed by atoms with van der Waals surface area (Å²) in [5.74, 6) is -0.843. The molecule has 0 aromatic heterocycles. The number of hydrogen-bond donors (Lipinski definition) is 2. The van der Waals surface area contributed by atoms with E-state index in [2.05, 4.69) is 26.6 Å². The second kappa shape index (κ2) is 5.60. The van der Waals surface area contributed by atoms with E-state index in [0.29, 0.717) is 4.47 Å². The highest BCUT2D eigenvalue weighted by Crippen LogP contribution is 2.15. The highest BCUT2D eigenvalue weighted by Gasteiger charge is 2.18. The maximum absolute atomic E-state index is 13.5. The minimum absolute atomic E-state index is 0.0961. The van der Waals surface area contributed by atoms with Crippen LogP contribution >= 0.6 is 15.9 Å². The normalized spacial score (nSPS) is 20.0. The standard InChI is InChI=1S/C12H14BrFN2O/c13-8-3-4-10(11(14)6-8)12(17)16-9-2-1-5-15-7-9/h3-4,6,9,15H,1-2,5,7H2,(H,16,17)/t9-/m1/s1. The van der Waals surface area contributed by atoms with Crippen LogP contribution in [0.4, 0.5) is 4.39 Å². The van der Waals surface area contributed by atoms with Gasteiger partial charge < -0.3 is 10.6 Å². The second-order valence-electron chi connectivity index (χ2n) is 4.14. The fourth-order valence-corrected chi connectivity index (χ4v) is 2.24. The third-order valence-corrected chi connectivity index (χ3v) is 3.30. The van der Waals surface area contributed by atoms with Gasteiger partial charge in [0.15, 0.2) is 0 Å². The quantitative estimate of drug-likeness (QED) is 0.878. The largest absolute Gasteiger partial charge is 0.348 e. The summed E-state index contributed by atoms with van der Waals surface area (Å²) >= 11 is 3.16. The topological polar surface area (TPSA) is 41.1 Å². The molecule has 92 valence electrons. The molecule has 2 N–H and O–H groups in total. The minimum Gasteiger partial charge on any atom is -0.348 e. The van der Waals surface area contributed by atoms with Crippen LogP contribution in [0, 0.1) is 5.82 Å². The molecule has 1 atom stereocenters. The molecule has 0 bridgehead atoms. The molecule has 0 spiro atoms. The molecule has 3 nitrogen and oxygen atoms in total. The molecule has 1 aromatic rings. The van der Waals surface area contributed by atoms with Crippen molar-refractivity contribution in [3.63, 3.8) is 0 Å². The van der Waals surface area contributed by atoms with Crippen molar-refractivity contribution in [1.82, 2.24) is 10.6 Å². The van der Waals surface area contributed by atoms with Gasteiger partial charge in [0.2, 0.25) is 0 Å². The zero-order valence-electron chi connectivity index (χ0n) is 9.30. The molecule has 0 radical (unpaired) electrons. The number of piperidine rings is 1. The third kappa shape index (κ3) is 3.26. The van der Waals surface area contributed by atoms with E-state index in [9.17, 15) is 9.18 Å². The maximum Gasteiger partial charge on any atom is 0.254 e. The fourth-order valence-electron chi connectivity index (χ4n) is 1.91. The molecule has 1 aliphatic rings. The van der Waals surface area contributed by atoms with Gasteiger partial charge in [0.25, 0.3) is 5.91 Å². The van der Waals surface area contributed by atoms with Gasteiger partial charge in [-0.2, -0.15) is 0 Å². The van der Waals surface area contributed by atoms with Crippen LogP contribution in [0.5, 0.6) is 0 Å². The van der Waals surface area contributed by atoms with Crippen molar-refractivity contribution in [2.45, 2.75) is 18.9 Å². The molecule has 1 aliphatic heterocycles. The molecule has 5 heteroatoms. The lowest BCUT2D eigenvalue weighted by atomic mass is 10.1. The Labute approximate surface area is 108 Å². The number of hydrogen-bond acceptors (Lipinski definition) is 2. The zero-order chi connectivity index (χ0) is 12.3. The first kappa shape index (κ1) is 12.5. The average Bonchev–Trinajstić information content (AvgIpc) is 2.30. The number of benzene rings is 1. The van der Waals surface area contributed by atoms with Crippen LogP contribution in [0.1, 0.15) is 23.2 Å². The van der Waals surface area contributed by atoms with E-state index in [1.54, 1.807) is 6.07 Å². The smallest absolute Gasteiger partial charge is 0.254 e. The van der Waals surface area contributed by atoms with Crippen molar-refractivity contribution in [1.29, 1.82) is 0 Å².